The normalized spacial score (nSPS) is 11.2. The van der Waals surface area contributed by atoms with Crippen LogP contribution in [0.25, 0.3) is 0 Å². The van der Waals surface area contributed by atoms with Crippen LogP contribution in [0.1, 0.15) is 52.6 Å². The lowest BCUT2D eigenvalue weighted by molar-refractivity contribution is 0.102. The highest BCUT2D eigenvalue weighted by molar-refractivity contribution is 7.14. The van der Waals surface area contributed by atoms with Crippen LogP contribution in [-0.2, 0) is 6.54 Å². The Morgan fingerprint density at radius 3 is 2.58 bits per heavy atom. The van der Waals surface area contributed by atoms with Crippen molar-refractivity contribution in [2.75, 3.05) is 5.32 Å². The van der Waals surface area contributed by atoms with E-state index in [0.717, 1.165) is 11.3 Å². The Morgan fingerprint density at radius 1 is 1.27 bits per heavy atom. The standard InChI is InChI=1S/C19H21ClN4OS/c1-11(2)15-10-26-19(21-15)22-18(25)16-13(4)23-24(17(16)20)9-14-7-5-12(3)6-8-14/h5-8,10-11H,9H2,1-4H3,(H,21,22,25). The van der Waals surface area contributed by atoms with Gasteiger partial charge in [-0.05, 0) is 25.3 Å². The molecule has 1 amide bonds. The number of carbonyl (C=O) groups is 1. The van der Waals surface area contributed by atoms with Crippen molar-refractivity contribution in [3.05, 3.63) is 62.9 Å². The maximum atomic E-state index is 12.7. The van der Waals surface area contributed by atoms with E-state index in [2.05, 4.69) is 29.2 Å². The van der Waals surface area contributed by atoms with E-state index in [4.69, 9.17) is 11.6 Å². The molecule has 5 nitrogen and oxygen atoms in total. The molecule has 0 spiro atoms. The Morgan fingerprint density at radius 2 is 1.96 bits per heavy atom. The van der Waals surface area contributed by atoms with Gasteiger partial charge < -0.3 is 0 Å². The molecule has 3 aromatic rings. The van der Waals surface area contributed by atoms with Gasteiger partial charge in [0.15, 0.2) is 5.13 Å². The molecule has 2 heterocycles. The Labute approximate surface area is 162 Å². The Bertz CT molecular complexity index is 928. The fourth-order valence-electron chi connectivity index (χ4n) is 2.55. The molecule has 0 unspecified atom stereocenters. The summed E-state index contributed by atoms with van der Waals surface area (Å²) in [5.74, 6) is 0.0341. The number of aryl methyl sites for hydroxylation is 2. The van der Waals surface area contributed by atoms with Crippen LogP contribution in [-0.4, -0.2) is 20.7 Å². The summed E-state index contributed by atoms with van der Waals surface area (Å²) in [6.45, 7) is 8.48. The second kappa shape index (κ2) is 7.60. The van der Waals surface area contributed by atoms with Gasteiger partial charge in [-0.15, -0.1) is 11.3 Å². The first kappa shape index (κ1) is 18.6. The first-order chi connectivity index (χ1) is 12.3. The first-order valence-corrected chi connectivity index (χ1v) is 9.66. The van der Waals surface area contributed by atoms with Gasteiger partial charge >= 0.3 is 0 Å². The maximum Gasteiger partial charge on any atom is 0.262 e. The summed E-state index contributed by atoms with van der Waals surface area (Å²) in [5, 5.41) is 10.1. The monoisotopic (exact) mass is 388 g/mol. The van der Waals surface area contributed by atoms with E-state index in [1.165, 1.54) is 16.9 Å². The van der Waals surface area contributed by atoms with Crippen molar-refractivity contribution in [2.45, 2.75) is 40.2 Å². The summed E-state index contributed by atoms with van der Waals surface area (Å²) in [6, 6.07) is 8.15. The quantitative estimate of drug-likeness (QED) is 0.666. The maximum absolute atomic E-state index is 12.7. The van der Waals surface area contributed by atoms with Crippen molar-refractivity contribution in [2.24, 2.45) is 0 Å². The molecule has 1 aromatic carbocycles. The molecule has 26 heavy (non-hydrogen) atoms. The Balaban J connectivity index is 1.80. The predicted octanol–water partition coefficient (Wildman–Crippen LogP) is 5.03. The second-order valence-corrected chi connectivity index (χ2v) is 7.80. The molecule has 0 aliphatic heterocycles. The van der Waals surface area contributed by atoms with Crippen molar-refractivity contribution in [1.82, 2.24) is 14.8 Å². The summed E-state index contributed by atoms with van der Waals surface area (Å²) in [5.41, 5.74) is 4.22. The van der Waals surface area contributed by atoms with Gasteiger partial charge in [0.25, 0.3) is 5.91 Å². The molecule has 0 saturated carbocycles. The van der Waals surface area contributed by atoms with Gasteiger partial charge in [0.2, 0.25) is 0 Å². The zero-order valence-corrected chi connectivity index (χ0v) is 16.8. The third-order valence-corrected chi connectivity index (χ3v) is 5.24. The Kier molecular flexibility index (Phi) is 5.44. The third kappa shape index (κ3) is 3.97. The summed E-state index contributed by atoms with van der Waals surface area (Å²) in [4.78, 5) is 17.1. The number of anilines is 1. The molecule has 0 saturated heterocycles. The van der Waals surface area contributed by atoms with E-state index >= 15 is 0 Å². The number of nitrogens with one attached hydrogen (secondary N) is 1. The van der Waals surface area contributed by atoms with Gasteiger partial charge in [-0.25, -0.2) is 9.67 Å². The molecule has 7 heteroatoms. The molecule has 0 fully saturated rings. The molecule has 0 aliphatic rings. The lowest BCUT2D eigenvalue weighted by atomic mass is 10.1. The van der Waals surface area contributed by atoms with Crippen LogP contribution in [0.5, 0.6) is 0 Å². The number of amides is 1. The molecule has 1 N–H and O–H groups in total. The van der Waals surface area contributed by atoms with Gasteiger partial charge in [-0.3, -0.25) is 10.1 Å². The van der Waals surface area contributed by atoms with Crippen molar-refractivity contribution >= 4 is 34.0 Å². The number of hydrogen-bond acceptors (Lipinski definition) is 4. The number of benzene rings is 1. The number of halogens is 1. The molecule has 3 rings (SSSR count). The van der Waals surface area contributed by atoms with Crippen LogP contribution < -0.4 is 5.32 Å². The number of hydrogen-bond donors (Lipinski definition) is 1. The van der Waals surface area contributed by atoms with E-state index < -0.39 is 0 Å². The summed E-state index contributed by atoms with van der Waals surface area (Å²) in [7, 11) is 0. The second-order valence-electron chi connectivity index (χ2n) is 6.58. The lowest BCUT2D eigenvalue weighted by Crippen LogP contribution is -2.13. The third-order valence-electron chi connectivity index (χ3n) is 4.08. The minimum Gasteiger partial charge on any atom is -0.298 e. The minimum atomic E-state index is -0.285. The van der Waals surface area contributed by atoms with Gasteiger partial charge in [-0.1, -0.05) is 55.3 Å². The Hall–Kier alpha value is -2.18. The number of aromatic nitrogens is 3. The van der Waals surface area contributed by atoms with Gasteiger partial charge in [0.1, 0.15) is 5.15 Å². The zero-order chi connectivity index (χ0) is 18.8. The van der Waals surface area contributed by atoms with Crippen LogP contribution in [0.3, 0.4) is 0 Å². The molecule has 0 aliphatic carbocycles. The molecule has 0 bridgehead atoms. The highest BCUT2D eigenvalue weighted by atomic mass is 35.5. The molecular formula is C19H21ClN4OS. The van der Waals surface area contributed by atoms with E-state index in [1.54, 1.807) is 11.6 Å². The first-order valence-electron chi connectivity index (χ1n) is 8.40. The SMILES string of the molecule is Cc1ccc(Cn2nc(C)c(C(=O)Nc3nc(C(C)C)cs3)c2Cl)cc1. The average molecular weight is 389 g/mol. The average Bonchev–Trinajstić information content (AvgIpc) is 3.15. The van der Waals surface area contributed by atoms with E-state index in [1.807, 2.05) is 36.6 Å². The lowest BCUT2D eigenvalue weighted by Gasteiger charge is -2.05. The zero-order valence-electron chi connectivity index (χ0n) is 15.2. The summed E-state index contributed by atoms with van der Waals surface area (Å²) in [6.07, 6.45) is 0. The van der Waals surface area contributed by atoms with E-state index in [-0.39, 0.29) is 5.91 Å². The fraction of sp³-hybridized carbons (Fsp3) is 0.316. The molecular weight excluding hydrogens is 368 g/mol. The van der Waals surface area contributed by atoms with Crippen LogP contribution in [0, 0.1) is 13.8 Å². The van der Waals surface area contributed by atoms with Crippen LogP contribution in [0.15, 0.2) is 29.6 Å². The number of nitrogens with zero attached hydrogens (tertiary/aromatic N) is 3. The van der Waals surface area contributed by atoms with Crippen molar-refractivity contribution < 1.29 is 4.79 Å². The predicted molar refractivity (Wildman–Crippen MR) is 106 cm³/mol. The largest absolute Gasteiger partial charge is 0.298 e. The van der Waals surface area contributed by atoms with E-state index in [9.17, 15) is 4.79 Å². The highest BCUT2D eigenvalue weighted by Gasteiger charge is 2.21. The van der Waals surface area contributed by atoms with E-state index in [0.29, 0.717) is 34.0 Å². The smallest absolute Gasteiger partial charge is 0.262 e. The minimum absolute atomic E-state index is 0.285. The van der Waals surface area contributed by atoms with Crippen molar-refractivity contribution in [3.8, 4) is 0 Å². The van der Waals surface area contributed by atoms with Crippen molar-refractivity contribution in [3.63, 3.8) is 0 Å². The van der Waals surface area contributed by atoms with Gasteiger partial charge in [0, 0.05) is 5.38 Å². The number of rotatable bonds is 5. The summed E-state index contributed by atoms with van der Waals surface area (Å²) < 4.78 is 1.65. The highest BCUT2D eigenvalue weighted by Crippen LogP contribution is 2.25. The van der Waals surface area contributed by atoms with Gasteiger partial charge in [0.05, 0.1) is 23.5 Å². The fourth-order valence-corrected chi connectivity index (χ4v) is 3.74. The number of carbonyl (C=O) groups excluding carboxylic acids is 1. The topological polar surface area (TPSA) is 59.8 Å². The van der Waals surface area contributed by atoms with Crippen LogP contribution in [0.4, 0.5) is 5.13 Å². The molecule has 0 radical (unpaired) electrons. The molecule has 136 valence electrons. The van der Waals surface area contributed by atoms with Gasteiger partial charge in [-0.2, -0.15) is 5.10 Å². The number of thiazole rings is 1. The van der Waals surface area contributed by atoms with Crippen molar-refractivity contribution in [1.29, 1.82) is 0 Å². The van der Waals surface area contributed by atoms with Crippen LogP contribution in [0.2, 0.25) is 5.15 Å². The molecule has 2 aromatic heterocycles. The van der Waals surface area contributed by atoms with Crippen LogP contribution >= 0.6 is 22.9 Å². The molecule has 0 atom stereocenters. The summed E-state index contributed by atoms with van der Waals surface area (Å²) >= 11 is 7.86.